The molecule has 1 aromatic carbocycles. The molecule has 0 spiro atoms. The predicted octanol–water partition coefficient (Wildman–Crippen LogP) is 2.86. The molecule has 0 saturated heterocycles. The van der Waals surface area contributed by atoms with E-state index in [2.05, 4.69) is 43.0 Å². The van der Waals surface area contributed by atoms with Crippen molar-refractivity contribution in [2.24, 2.45) is 0 Å². The smallest absolute Gasteiger partial charge is 0.0641 e. The van der Waals surface area contributed by atoms with Crippen LogP contribution in [0, 0.1) is 6.92 Å². The van der Waals surface area contributed by atoms with Crippen LogP contribution in [0.5, 0.6) is 0 Å². The summed E-state index contributed by atoms with van der Waals surface area (Å²) in [5.74, 6) is 0. The van der Waals surface area contributed by atoms with E-state index >= 15 is 0 Å². The number of rotatable bonds is 6. The van der Waals surface area contributed by atoms with Crippen LogP contribution in [0.3, 0.4) is 0 Å². The fourth-order valence-corrected chi connectivity index (χ4v) is 1.69. The second-order valence-electron chi connectivity index (χ2n) is 3.56. The zero-order valence-corrected chi connectivity index (χ0v) is 9.99. The van der Waals surface area contributed by atoms with E-state index in [1.54, 1.807) is 0 Å². The van der Waals surface area contributed by atoms with Crippen molar-refractivity contribution in [1.29, 1.82) is 0 Å². The van der Waals surface area contributed by atoms with E-state index in [9.17, 15) is 0 Å². The quantitative estimate of drug-likeness (QED) is 0.665. The van der Waals surface area contributed by atoms with Gasteiger partial charge in [-0.2, -0.15) is 0 Å². The molecule has 1 rings (SSSR count). The Morgan fingerprint density at radius 2 is 1.93 bits per heavy atom. The molecule has 2 nitrogen and oxygen atoms in total. The number of aryl methyl sites for hydroxylation is 1. The first kappa shape index (κ1) is 12.1. The summed E-state index contributed by atoms with van der Waals surface area (Å²) in [4.78, 5) is 2.35. The van der Waals surface area contributed by atoms with Crippen LogP contribution in [-0.2, 0) is 4.74 Å². The van der Waals surface area contributed by atoms with Crippen molar-refractivity contribution >= 4 is 5.69 Å². The number of hydrogen-bond acceptors (Lipinski definition) is 2. The molecule has 0 radical (unpaired) electrons. The summed E-state index contributed by atoms with van der Waals surface area (Å²) in [7, 11) is 0. The highest BCUT2D eigenvalue weighted by atomic mass is 16.5. The Labute approximate surface area is 92.9 Å². The summed E-state index contributed by atoms with van der Waals surface area (Å²) < 4.78 is 5.39. The molecule has 0 unspecified atom stereocenters. The van der Waals surface area contributed by atoms with Gasteiger partial charge in [0.15, 0.2) is 0 Å². The van der Waals surface area contributed by atoms with E-state index in [4.69, 9.17) is 4.74 Å². The van der Waals surface area contributed by atoms with Gasteiger partial charge < -0.3 is 9.64 Å². The Morgan fingerprint density at radius 3 is 2.53 bits per heavy atom. The van der Waals surface area contributed by atoms with Gasteiger partial charge in [0.05, 0.1) is 6.61 Å². The molecule has 2 heteroatoms. The molecule has 0 aliphatic rings. The summed E-state index contributed by atoms with van der Waals surface area (Å²) in [6.07, 6.45) is 0. The van der Waals surface area contributed by atoms with Crippen molar-refractivity contribution in [3.63, 3.8) is 0 Å². The molecule has 0 aromatic heterocycles. The Balaban J connectivity index is 2.61. The van der Waals surface area contributed by atoms with Gasteiger partial charge in [-0.15, -0.1) is 0 Å². The van der Waals surface area contributed by atoms with Gasteiger partial charge in [0.2, 0.25) is 0 Å². The summed E-state index contributed by atoms with van der Waals surface area (Å²) in [6, 6.07) is 8.49. The summed E-state index contributed by atoms with van der Waals surface area (Å²) in [6.45, 7) is 9.96. The molecule has 15 heavy (non-hydrogen) atoms. The molecule has 0 aliphatic carbocycles. The van der Waals surface area contributed by atoms with Crippen LogP contribution in [0.4, 0.5) is 5.69 Å². The van der Waals surface area contributed by atoms with Gasteiger partial charge >= 0.3 is 0 Å². The number of hydrogen-bond donors (Lipinski definition) is 0. The topological polar surface area (TPSA) is 12.5 Å². The molecule has 0 heterocycles. The number of anilines is 1. The van der Waals surface area contributed by atoms with E-state index in [1.807, 2.05) is 6.92 Å². The maximum absolute atomic E-state index is 5.39. The average molecular weight is 207 g/mol. The first-order chi connectivity index (χ1) is 7.29. The Hall–Kier alpha value is -1.02. The molecule has 0 saturated carbocycles. The van der Waals surface area contributed by atoms with Crippen LogP contribution in [-0.4, -0.2) is 26.3 Å². The minimum atomic E-state index is 0.797. The number of nitrogens with zero attached hydrogens (tertiary/aromatic N) is 1. The monoisotopic (exact) mass is 207 g/mol. The lowest BCUT2D eigenvalue weighted by Gasteiger charge is -2.24. The van der Waals surface area contributed by atoms with Crippen LogP contribution in [0.1, 0.15) is 19.4 Å². The number of likely N-dealkylation sites (N-methyl/N-ethyl adjacent to an activating group) is 1. The fourth-order valence-electron chi connectivity index (χ4n) is 1.69. The van der Waals surface area contributed by atoms with Crippen molar-refractivity contribution in [2.45, 2.75) is 20.8 Å². The van der Waals surface area contributed by atoms with Gasteiger partial charge in [0, 0.05) is 25.4 Å². The van der Waals surface area contributed by atoms with Crippen molar-refractivity contribution in [3.8, 4) is 0 Å². The third-order valence-electron chi connectivity index (χ3n) is 2.55. The Kier molecular flexibility index (Phi) is 5.19. The summed E-state index contributed by atoms with van der Waals surface area (Å²) in [5, 5.41) is 0. The van der Waals surface area contributed by atoms with E-state index < -0.39 is 0 Å². The molecule has 0 fully saturated rings. The largest absolute Gasteiger partial charge is 0.380 e. The zero-order valence-electron chi connectivity index (χ0n) is 9.99. The van der Waals surface area contributed by atoms with Crippen LogP contribution in [0.2, 0.25) is 0 Å². The average Bonchev–Trinajstić information content (AvgIpc) is 2.26. The van der Waals surface area contributed by atoms with Crippen LogP contribution in [0.15, 0.2) is 24.3 Å². The molecule has 0 bridgehead atoms. The molecule has 0 amide bonds. The first-order valence-corrected chi connectivity index (χ1v) is 5.67. The third kappa shape index (κ3) is 3.56. The van der Waals surface area contributed by atoms with Crippen LogP contribution >= 0.6 is 0 Å². The normalized spacial score (nSPS) is 10.3. The number of para-hydroxylation sites is 1. The first-order valence-electron chi connectivity index (χ1n) is 5.67. The minimum Gasteiger partial charge on any atom is -0.380 e. The van der Waals surface area contributed by atoms with E-state index in [0.29, 0.717) is 0 Å². The molecule has 1 aromatic rings. The summed E-state index contributed by atoms with van der Waals surface area (Å²) in [5.41, 5.74) is 2.65. The predicted molar refractivity (Wildman–Crippen MR) is 65.6 cm³/mol. The maximum atomic E-state index is 5.39. The lowest BCUT2D eigenvalue weighted by atomic mass is 10.2. The third-order valence-corrected chi connectivity index (χ3v) is 2.55. The summed E-state index contributed by atoms with van der Waals surface area (Å²) >= 11 is 0. The van der Waals surface area contributed by atoms with Crippen molar-refractivity contribution < 1.29 is 4.74 Å². The highest BCUT2D eigenvalue weighted by molar-refractivity contribution is 5.52. The second kappa shape index (κ2) is 6.46. The molecule has 0 aliphatic heterocycles. The minimum absolute atomic E-state index is 0.797. The van der Waals surface area contributed by atoms with Gasteiger partial charge in [-0.1, -0.05) is 18.2 Å². The van der Waals surface area contributed by atoms with Crippen molar-refractivity contribution in [3.05, 3.63) is 29.8 Å². The van der Waals surface area contributed by atoms with Gasteiger partial charge in [0.1, 0.15) is 0 Å². The number of benzene rings is 1. The molecule has 0 atom stereocenters. The van der Waals surface area contributed by atoms with Gasteiger partial charge in [-0.3, -0.25) is 0 Å². The highest BCUT2D eigenvalue weighted by Crippen LogP contribution is 2.18. The maximum Gasteiger partial charge on any atom is 0.0641 e. The second-order valence-corrected chi connectivity index (χ2v) is 3.56. The lowest BCUT2D eigenvalue weighted by Crippen LogP contribution is -2.27. The van der Waals surface area contributed by atoms with E-state index in [1.165, 1.54) is 11.3 Å². The van der Waals surface area contributed by atoms with E-state index in [-0.39, 0.29) is 0 Å². The Morgan fingerprint density at radius 1 is 1.20 bits per heavy atom. The van der Waals surface area contributed by atoms with Gasteiger partial charge in [-0.05, 0) is 32.4 Å². The molecular formula is C13H21NO. The van der Waals surface area contributed by atoms with Crippen molar-refractivity contribution in [2.75, 3.05) is 31.2 Å². The molecular weight excluding hydrogens is 186 g/mol. The fraction of sp³-hybridized carbons (Fsp3) is 0.538. The Bertz CT molecular complexity index is 286. The van der Waals surface area contributed by atoms with E-state index in [0.717, 1.165) is 26.3 Å². The number of ether oxygens (including phenoxy) is 1. The standard InChI is InChI=1S/C13H21NO/c1-4-14(10-11-15-5-2)13-9-7-6-8-12(13)3/h6-9H,4-5,10-11H2,1-3H3. The van der Waals surface area contributed by atoms with Crippen LogP contribution in [0.25, 0.3) is 0 Å². The zero-order chi connectivity index (χ0) is 11.1. The molecule has 0 N–H and O–H groups in total. The van der Waals surface area contributed by atoms with Crippen molar-refractivity contribution in [1.82, 2.24) is 0 Å². The molecule has 84 valence electrons. The van der Waals surface area contributed by atoms with Crippen LogP contribution < -0.4 is 4.90 Å². The highest BCUT2D eigenvalue weighted by Gasteiger charge is 2.05. The SMILES string of the molecule is CCOCCN(CC)c1ccccc1C. The van der Waals surface area contributed by atoms with Gasteiger partial charge in [0.25, 0.3) is 0 Å². The lowest BCUT2D eigenvalue weighted by molar-refractivity contribution is 0.154. The van der Waals surface area contributed by atoms with Gasteiger partial charge in [-0.25, -0.2) is 0 Å².